The number of pyridine rings is 1. The number of nitrogens with one attached hydrogen (secondary N) is 1. The monoisotopic (exact) mass is 238 g/mol. The van der Waals surface area contributed by atoms with Gasteiger partial charge in [-0.15, -0.1) is 0 Å². The lowest BCUT2D eigenvalue weighted by Crippen LogP contribution is -2.33. The topological polar surface area (TPSA) is 84.7 Å². The zero-order valence-electron chi connectivity index (χ0n) is 9.53. The van der Waals surface area contributed by atoms with E-state index in [4.69, 9.17) is 5.73 Å². The Morgan fingerprint density at radius 1 is 1.39 bits per heavy atom. The number of H-pyrrole nitrogens is 1. The summed E-state index contributed by atoms with van der Waals surface area (Å²) < 4.78 is 0. The summed E-state index contributed by atoms with van der Waals surface area (Å²) in [6.45, 7) is 7.47. The van der Waals surface area contributed by atoms with Gasteiger partial charge in [-0.25, -0.2) is 0 Å². The number of carbonyl (C=O) groups excluding carboxylic acids is 1. The van der Waals surface area contributed by atoms with Crippen molar-refractivity contribution in [3.05, 3.63) is 46.7 Å². The molecule has 0 aliphatic heterocycles. The molecule has 2 aromatic heterocycles. The molecule has 1 aliphatic carbocycles. The van der Waals surface area contributed by atoms with Crippen LogP contribution in [0.1, 0.15) is 10.4 Å². The van der Waals surface area contributed by atoms with Crippen LogP contribution in [-0.4, -0.2) is 21.0 Å². The van der Waals surface area contributed by atoms with Crippen molar-refractivity contribution in [2.45, 2.75) is 0 Å². The van der Waals surface area contributed by atoms with Gasteiger partial charge in [-0.3, -0.25) is 14.9 Å². The van der Waals surface area contributed by atoms with Gasteiger partial charge < -0.3 is 5.73 Å². The molecule has 0 atom stereocenters. The Balaban J connectivity index is 2.57. The van der Waals surface area contributed by atoms with Crippen LogP contribution >= 0.6 is 0 Å². The third-order valence-electron chi connectivity index (χ3n) is 2.92. The van der Waals surface area contributed by atoms with Gasteiger partial charge in [0, 0.05) is 17.1 Å². The molecule has 2 heterocycles. The van der Waals surface area contributed by atoms with Crippen molar-refractivity contribution in [1.82, 2.24) is 15.2 Å². The van der Waals surface area contributed by atoms with Gasteiger partial charge in [0.2, 0.25) is 0 Å². The van der Waals surface area contributed by atoms with Gasteiger partial charge in [-0.05, 0) is 12.1 Å². The van der Waals surface area contributed by atoms with Crippen molar-refractivity contribution in [3.63, 3.8) is 0 Å². The molecule has 0 spiro atoms. The van der Waals surface area contributed by atoms with Crippen molar-refractivity contribution in [2.75, 3.05) is 0 Å². The highest BCUT2D eigenvalue weighted by Gasteiger charge is 2.28. The smallest absolute Gasteiger partial charge is 0.198 e. The summed E-state index contributed by atoms with van der Waals surface area (Å²) in [7, 11) is 0. The largest absolute Gasteiger partial charge is 0.399 e. The molecule has 0 radical (unpaired) electrons. The molecule has 1 aliphatic rings. The molecular formula is C13H10N4O. The van der Waals surface area contributed by atoms with Crippen LogP contribution < -0.4 is 16.3 Å². The van der Waals surface area contributed by atoms with Gasteiger partial charge in [0.1, 0.15) is 11.4 Å². The normalized spacial score (nSPS) is 13.1. The number of carbonyl (C=O) groups is 1. The van der Waals surface area contributed by atoms with Crippen LogP contribution in [0.25, 0.3) is 23.5 Å². The van der Waals surface area contributed by atoms with E-state index in [0.717, 1.165) is 0 Å². The number of nitrogens with two attached hydrogens (primary N) is 1. The first-order valence-corrected chi connectivity index (χ1v) is 5.33. The van der Waals surface area contributed by atoms with Crippen molar-refractivity contribution >= 4 is 17.9 Å². The Kier molecular flexibility index (Phi) is 1.98. The maximum absolute atomic E-state index is 12.4. The van der Waals surface area contributed by atoms with E-state index >= 15 is 0 Å². The van der Waals surface area contributed by atoms with Crippen molar-refractivity contribution < 1.29 is 4.79 Å². The Hall–Kier alpha value is -2.69. The summed E-state index contributed by atoms with van der Waals surface area (Å²) in [5.41, 5.74) is 7.91. The average Bonchev–Trinajstić information content (AvgIpc) is 2.72. The summed E-state index contributed by atoms with van der Waals surface area (Å²) in [6, 6.07) is 3.41. The third-order valence-corrected chi connectivity index (χ3v) is 2.92. The van der Waals surface area contributed by atoms with Crippen LogP contribution in [0.4, 0.5) is 0 Å². The molecular weight excluding hydrogens is 228 g/mol. The van der Waals surface area contributed by atoms with E-state index in [1.165, 1.54) is 0 Å². The van der Waals surface area contributed by atoms with Gasteiger partial charge in [0.25, 0.3) is 0 Å². The fourth-order valence-corrected chi connectivity index (χ4v) is 2.15. The second kappa shape index (κ2) is 3.40. The molecule has 18 heavy (non-hydrogen) atoms. The maximum Gasteiger partial charge on any atom is 0.198 e. The molecule has 0 saturated carbocycles. The Labute approximate surface area is 102 Å². The van der Waals surface area contributed by atoms with E-state index in [9.17, 15) is 4.79 Å². The first-order chi connectivity index (χ1) is 8.61. The van der Waals surface area contributed by atoms with E-state index in [1.54, 1.807) is 18.3 Å². The summed E-state index contributed by atoms with van der Waals surface area (Å²) in [5, 5.41) is 8.03. The third kappa shape index (κ3) is 1.18. The van der Waals surface area contributed by atoms with Crippen LogP contribution in [0, 0.1) is 0 Å². The molecule has 0 saturated heterocycles. The van der Waals surface area contributed by atoms with Crippen molar-refractivity contribution in [3.8, 4) is 11.4 Å². The Bertz CT molecular complexity index is 801. The number of fused-ring (bicyclic) bond motifs is 3. The second-order valence-electron chi connectivity index (χ2n) is 4.05. The number of aromatic amines is 1. The van der Waals surface area contributed by atoms with E-state index in [1.807, 2.05) is 0 Å². The zero-order valence-corrected chi connectivity index (χ0v) is 9.53. The average molecular weight is 238 g/mol. The number of aromatic nitrogens is 3. The number of nitrogens with zero attached hydrogens (tertiary/aromatic N) is 2. The predicted molar refractivity (Wildman–Crippen MR) is 67.7 cm³/mol. The van der Waals surface area contributed by atoms with Crippen molar-refractivity contribution in [1.29, 1.82) is 0 Å². The number of rotatable bonds is 1. The molecule has 0 amide bonds. The molecule has 0 unspecified atom stereocenters. The predicted octanol–water partition coefficient (Wildman–Crippen LogP) is -0.299. The number of hydrogen-bond donors (Lipinski definition) is 2. The molecule has 0 fully saturated rings. The lowest BCUT2D eigenvalue weighted by Gasteiger charge is -2.13. The van der Waals surface area contributed by atoms with Gasteiger partial charge in [0.15, 0.2) is 5.78 Å². The van der Waals surface area contributed by atoms with Crippen LogP contribution in [0.15, 0.2) is 30.6 Å². The fourth-order valence-electron chi connectivity index (χ4n) is 2.15. The molecule has 3 rings (SSSR count). The van der Waals surface area contributed by atoms with E-state index in [0.29, 0.717) is 33.1 Å². The second-order valence-corrected chi connectivity index (χ2v) is 4.05. The summed E-state index contributed by atoms with van der Waals surface area (Å²) in [4.78, 5) is 16.6. The number of Topliss-reactive ketones (excluding diaryl/α,β-unsaturated/α-hetero) is 1. The minimum atomic E-state index is -0.190. The minimum Gasteiger partial charge on any atom is -0.399 e. The maximum atomic E-state index is 12.4. The summed E-state index contributed by atoms with van der Waals surface area (Å²) >= 11 is 0. The van der Waals surface area contributed by atoms with Gasteiger partial charge >= 0.3 is 0 Å². The molecule has 5 heteroatoms. The van der Waals surface area contributed by atoms with Crippen LogP contribution in [0.2, 0.25) is 0 Å². The standard InChI is InChI=1S/C13H10N4O/c1-6(14)9-10-7(2)16-17-12(10)11-8(13(9)18)4-3-5-15-11/h3-5,16H,1-2,14H2. The molecule has 3 N–H and O–H groups in total. The molecule has 0 bridgehead atoms. The molecule has 88 valence electrons. The van der Waals surface area contributed by atoms with Gasteiger partial charge in [-0.1, -0.05) is 13.2 Å². The number of allylic oxidation sites excluding steroid dienone is 1. The number of hydrogen-bond acceptors (Lipinski definition) is 4. The molecule has 0 aromatic carbocycles. The zero-order chi connectivity index (χ0) is 12.9. The molecule has 2 aromatic rings. The quantitative estimate of drug-likeness (QED) is 0.714. The van der Waals surface area contributed by atoms with E-state index in [-0.39, 0.29) is 11.5 Å². The lowest BCUT2D eigenvalue weighted by molar-refractivity contribution is 0.105. The first kappa shape index (κ1) is 10.5. The van der Waals surface area contributed by atoms with E-state index < -0.39 is 0 Å². The molecule has 5 nitrogen and oxygen atoms in total. The van der Waals surface area contributed by atoms with Crippen LogP contribution in [0.3, 0.4) is 0 Å². The Morgan fingerprint density at radius 2 is 2.17 bits per heavy atom. The highest BCUT2D eigenvalue weighted by molar-refractivity contribution is 6.31. The van der Waals surface area contributed by atoms with Crippen molar-refractivity contribution in [2.24, 2.45) is 5.73 Å². The highest BCUT2D eigenvalue weighted by atomic mass is 16.1. The summed E-state index contributed by atoms with van der Waals surface area (Å²) in [5.74, 6) is -0.190. The van der Waals surface area contributed by atoms with E-state index in [2.05, 4.69) is 28.3 Å². The summed E-state index contributed by atoms with van der Waals surface area (Å²) in [6.07, 6.45) is 1.62. The van der Waals surface area contributed by atoms with Gasteiger partial charge in [-0.2, -0.15) is 5.10 Å². The van der Waals surface area contributed by atoms with Crippen LogP contribution in [0.5, 0.6) is 0 Å². The SMILES string of the molecule is C=C(N)C1=c2c(n[nH]c2=C)-c2ncccc2C1=O. The highest BCUT2D eigenvalue weighted by Crippen LogP contribution is 2.24. The van der Waals surface area contributed by atoms with Gasteiger partial charge in [0.05, 0.1) is 16.5 Å². The van der Waals surface area contributed by atoms with Crippen LogP contribution in [-0.2, 0) is 0 Å². The lowest BCUT2D eigenvalue weighted by atomic mass is 9.91. The number of ketones is 1. The fraction of sp³-hybridized carbons (Fsp3) is 0. The minimum absolute atomic E-state index is 0.190. The Morgan fingerprint density at radius 3 is 2.89 bits per heavy atom. The first-order valence-electron chi connectivity index (χ1n) is 5.33.